The van der Waals surface area contributed by atoms with Gasteiger partial charge in [-0.1, -0.05) is 54.6 Å². The van der Waals surface area contributed by atoms with E-state index in [2.05, 4.69) is 33.5 Å². The molecule has 0 spiro atoms. The first kappa shape index (κ1) is 20.2. The van der Waals surface area contributed by atoms with Gasteiger partial charge in [0.1, 0.15) is 0 Å². The number of amides is 2. The first-order valence-electron chi connectivity index (χ1n) is 9.05. The van der Waals surface area contributed by atoms with Crippen LogP contribution in [0.3, 0.4) is 0 Å². The summed E-state index contributed by atoms with van der Waals surface area (Å²) < 4.78 is 0.906. The van der Waals surface area contributed by atoms with Crippen molar-refractivity contribution >= 4 is 39.1 Å². The summed E-state index contributed by atoms with van der Waals surface area (Å²) in [5.74, 6) is -0.162. The van der Waals surface area contributed by atoms with Crippen molar-refractivity contribution in [3.8, 4) is 0 Å². The number of benzene rings is 2. The summed E-state index contributed by atoms with van der Waals surface area (Å²) in [5, 5.41) is 5.73. The van der Waals surface area contributed by atoms with Gasteiger partial charge in [0.2, 0.25) is 5.91 Å². The molecule has 0 fully saturated rings. The maximum Gasteiger partial charge on any atom is 0.255 e. The van der Waals surface area contributed by atoms with Crippen LogP contribution in [0.25, 0.3) is 0 Å². The highest BCUT2D eigenvalue weighted by Crippen LogP contribution is 2.17. The van der Waals surface area contributed by atoms with Gasteiger partial charge in [-0.25, -0.2) is 0 Å². The minimum atomic E-state index is -0.183. The molecule has 2 N–H and O–H groups in total. The Bertz CT molecular complexity index is 729. The second kappa shape index (κ2) is 10.8. The van der Waals surface area contributed by atoms with Crippen LogP contribution >= 0.6 is 15.9 Å². The van der Waals surface area contributed by atoms with Crippen molar-refractivity contribution in [3.63, 3.8) is 0 Å². The molecule has 0 aliphatic carbocycles. The number of unbranched alkanes of at least 4 members (excludes halogenated alkanes) is 4. The van der Waals surface area contributed by atoms with Gasteiger partial charge in [0, 0.05) is 27.8 Å². The summed E-state index contributed by atoms with van der Waals surface area (Å²) in [4.78, 5) is 24.2. The summed E-state index contributed by atoms with van der Waals surface area (Å²) in [5.41, 5.74) is 1.98. The molecule has 0 saturated carbocycles. The zero-order valence-electron chi connectivity index (χ0n) is 15.1. The van der Waals surface area contributed by atoms with Crippen LogP contribution in [0, 0.1) is 0 Å². The Morgan fingerprint density at radius 1 is 0.885 bits per heavy atom. The van der Waals surface area contributed by atoms with E-state index in [1.165, 1.54) is 19.3 Å². The lowest BCUT2D eigenvalue weighted by Gasteiger charge is -2.08. The largest absolute Gasteiger partial charge is 0.326 e. The fourth-order valence-electron chi connectivity index (χ4n) is 2.59. The monoisotopic (exact) mass is 416 g/mol. The van der Waals surface area contributed by atoms with Gasteiger partial charge in [0.05, 0.1) is 0 Å². The fraction of sp³-hybridized carbons (Fsp3) is 0.333. The second-order valence-corrected chi connectivity index (χ2v) is 7.17. The van der Waals surface area contributed by atoms with Gasteiger partial charge in [-0.15, -0.1) is 0 Å². The van der Waals surface area contributed by atoms with E-state index in [-0.39, 0.29) is 11.8 Å². The molecule has 0 aliphatic heterocycles. The Hall–Kier alpha value is -2.14. The molecule has 0 aliphatic rings. The number of rotatable bonds is 9. The minimum absolute atomic E-state index is 0.0211. The summed E-state index contributed by atoms with van der Waals surface area (Å²) in [7, 11) is 0. The molecule has 2 rings (SSSR count). The first-order valence-corrected chi connectivity index (χ1v) is 9.84. The maximum atomic E-state index is 12.3. The van der Waals surface area contributed by atoms with Crippen LogP contribution in [-0.4, -0.2) is 11.8 Å². The Kier molecular flexibility index (Phi) is 8.35. The van der Waals surface area contributed by atoms with Crippen molar-refractivity contribution in [1.82, 2.24) is 0 Å². The topological polar surface area (TPSA) is 58.2 Å². The molecule has 5 heteroatoms. The smallest absolute Gasteiger partial charge is 0.255 e. The van der Waals surface area contributed by atoms with Crippen molar-refractivity contribution in [2.45, 2.75) is 45.4 Å². The summed E-state index contributed by atoms with van der Waals surface area (Å²) in [6, 6.07) is 14.4. The molecule has 26 heavy (non-hydrogen) atoms. The third kappa shape index (κ3) is 7.00. The van der Waals surface area contributed by atoms with Crippen molar-refractivity contribution in [1.29, 1.82) is 0 Å². The van der Waals surface area contributed by atoms with E-state index in [0.29, 0.717) is 17.7 Å². The second-order valence-electron chi connectivity index (χ2n) is 6.25. The third-order valence-corrected chi connectivity index (χ3v) is 4.51. The number of hydrogen-bond acceptors (Lipinski definition) is 2. The zero-order chi connectivity index (χ0) is 18.8. The van der Waals surface area contributed by atoms with Crippen LogP contribution in [0.1, 0.15) is 55.8 Å². The van der Waals surface area contributed by atoms with E-state index in [9.17, 15) is 9.59 Å². The quantitative estimate of drug-likeness (QED) is 0.492. The van der Waals surface area contributed by atoms with Gasteiger partial charge in [-0.3, -0.25) is 9.59 Å². The van der Waals surface area contributed by atoms with E-state index in [1.807, 2.05) is 24.3 Å². The average molecular weight is 417 g/mol. The molecule has 0 aromatic heterocycles. The van der Waals surface area contributed by atoms with Gasteiger partial charge in [-0.2, -0.15) is 0 Å². The predicted octanol–water partition coefficient (Wildman–Crippen LogP) is 6.00. The van der Waals surface area contributed by atoms with Gasteiger partial charge in [0.25, 0.3) is 5.91 Å². The van der Waals surface area contributed by atoms with Gasteiger partial charge in [-0.05, 0) is 48.9 Å². The lowest BCUT2D eigenvalue weighted by atomic mass is 10.1. The Balaban J connectivity index is 1.81. The molecule has 138 valence electrons. The molecular weight excluding hydrogens is 392 g/mol. The highest BCUT2D eigenvalue weighted by molar-refractivity contribution is 9.10. The van der Waals surface area contributed by atoms with Gasteiger partial charge < -0.3 is 10.6 Å². The summed E-state index contributed by atoms with van der Waals surface area (Å²) >= 11 is 3.38. The Morgan fingerprint density at radius 3 is 2.31 bits per heavy atom. The van der Waals surface area contributed by atoms with Crippen molar-refractivity contribution in [2.75, 3.05) is 10.6 Å². The molecule has 0 unspecified atom stereocenters. The minimum Gasteiger partial charge on any atom is -0.326 e. The van der Waals surface area contributed by atoms with Crippen LogP contribution < -0.4 is 10.6 Å². The van der Waals surface area contributed by atoms with Crippen LogP contribution in [0.5, 0.6) is 0 Å². The lowest BCUT2D eigenvalue weighted by molar-refractivity contribution is -0.116. The number of hydrogen-bond donors (Lipinski definition) is 2. The van der Waals surface area contributed by atoms with Crippen LogP contribution in [-0.2, 0) is 4.79 Å². The molecule has 0 heterocycles. The number of anilines is 2. The highest BCUT2D eigenvalue weighted by Gasteiger charge is 2.07. The van der Waals surface area contributed by atoms with Crippen molar-refractivity contribution in [2.24, 2.45) is 0 Å². The predicted molar refractivity (Wildman–Crippen MR) is 111 cm³/mol. The van der Waals surface area contributed by atoms with E-state index >= 15 is 0 Å². The summed E-state index contributed by atoms with van der Waals surface area (Å²) in [6.45, 7) is 2.18. The lowest BCUT2D eigenvalue weighted by Crippen LogP contribution is -2.13. The van der Waals surface area contributed by atoms with Gasteiger partial charge >= 0.3 is 0 Å². The average Bonchev–Trinajstić information content (AvgIpc) is 2.62. The van der Waals surface area contributed by atoms with Crippen molar-refractivity contribution < 1.29 is 9.59 Å². The van der Waals surface area contributed by atoms with Crippen LogP contribution in [0.15, 0.2) is 53.0 Å². The van der Waals surface area contributed by atoms with E-state index in [1.54, 1.807) is 24.3 Å². The number of carbonyl (C=O) groups is 2. The fourth-order valence-corrected chi connectivity index (χ4v) is 2.99. The van der Waals surface area contributed by atoms with Crippen LogP contribution in [0.4, 0.5) is 11.4 Å². The van der Waals surface area contributed by atoms with E-state index in [4.69, 9.17) is 0 Å². The van der Waals surface area contributed by atoms with E-state index < -0.39 is 0 Å². The molecule has 0 bridgehead atoms. The highest BCUT2D eigenvalue weighted by atomic mass is 79.9. The molecule has 2 aromatic carbocycles. The SMILES string of the molecule is CCCCCCCC(=O)Nc1ccc(C(=O)Nc2cccc(Br)c2)cc1. The van der Waals surface area contributed by atoms with Crippen molar-refractivity contribution in [3.05, 3.63) is 58.6 Å². The molecule has 2 aromatic rings. The molecule has 4 nitrogen and oxygen atoms in total. The number of carbonyl (C=O) groups excluding carboxylic acids is 2. The molecular formula is C21H25BrN2O2. The molecule has 2 amide bonds. The first-order chi connectivity index (χ1) is 12.6. The normalized spacial score (nSPS) is 10.4. The van der Waals surface area contributed by atoms with Gasteiger partial charge in [0.15, 0.2) is 0 Å². The standard InChI is InChI=1S/C21H25BrN2O2/c1-2-3-4-5-6-10-20(25)23-18-13-11-16(12-14-18)21(26)24-19-9-7-8-17(22)15-19/h7-9,11-15H,2-6,10H2,1H3,(H,23,25)(H,24,26). The number of nitrogens with one attached hydrogen (secondary N) is 2. The maximum absolute atomic E-state index is 12.3. The number of halogens is 1. The molecule has 0 atom stereocenters. The van der Waals surface area contributed by atoms with E-state index in [0.717, 1.165) is 23.0 Å². The third-order valence-electron chi connectivity index (χ3n) is 4.02. The van der Waals surface area contributed by atoms with Crippen LogP contribution in [0.2, 0.25) is 0 Å². The Morgan fingerprint density at radius 2 is 1.62 bits per heavy atom. The molecule has 0 saturated heterocycles. The summed E-state index contributed by atoms with van der Waals surface area (Å²) in [6.07, 6.45) is 6.16. The zero-order valence-corrected chi connectivity index (χ0v) is 16.6. The Labute approximate surface area is 163 Å². The molecule has 0 radical (unpaired) electrons.